The van der Waals surface area contributed by atoms with E-state index in [-0.39, 0.29) is 36.1 Å². The Labute approximate surface area is 195 Å². The Balaban J connectivity index is 0.00000256. The van der Waals surface area contributed by atoms with Gasteiger partial charge in [0.25, 0.3) is 0 Å². The van der Waals surface area contributed by atoms with Gasteiger partial charge in [0.15, 0.2) is 5.96 Å². The van der Waals surface area contributed by atoms with Crippen LogP contribution in [0.4, 0.5) is 4.79 Å². The molecule has 1 aliphatic carbocycles. The van der Waals surface area contributed by atoms with Crippen LogP contribution < -0.4 is 10.1 Å². The lowest BCUT2D eigenvalue weighted by atomic mass is 10.2. The van der Waals surface area contributed by atoms with Crippen LogP contribution >= 0.6 is 24.0 Å². The summed E-state index contributed by atoms with van der Waals surface area (Å²) in [6.45, 7) is 9.82. The number of ether oxygens (including phenoxy) is 2. The fourth-order valence-electron chi connectivity index (χ4n) is 3.53. The van der Waals surface area contributed by atoms with Crippen molar-refractivity contribution in [3.8, 4) is 5.88 Å². The maximum Gasteiger partial charge on any atom is 0.410 e. The van der Waals surface area contributed by atoms with Gasteiger partial charge in [0, 0.05) is 38.4 Å². The van der Waals surface area contributed by atoms with E-state index in [1.165, 1.54) is 12.8 Å². The number of nitrogens with zero attached hydrogens (tertiary/aromatic N) is 4. The van der Waals surface area contributed by atoms with E-state index in [4.69, 9.17) is 9.47 Å². The number of aromatic nitrogens is 1. The van der Waals surface area contributed by atoms with E-state index in [9.17, 15) is 4.79 Å². The molecule has 1 saturated carbocycles. The van der Waals surface area contributed by atoms with Crippen molar-refractivity contribution in [1.82, 2.24) is 20.1 Å². The van der Waals surface area contributed by atoms with Gasteiger partial charge in [-0.3, -0.25) is 4.99 Å². The van der Waals surface area contributed by atoms with E-state index < -0.39 is 5.60 Å². The Hall–Kier alpha value is -1.78. The van der Waals surface area contributed by atoms with Crippen LogP contribution in [0.1, 0.15) is 39.2 Å². The quantitative estimate of drug-likeness (QED) is 0.592. The fourth-order valence-corrected chi connectivity index (χ4v) is 3.53. The fraction of sp³-hybridized carbons (Fsp3) is 0.667. The average Bonchev–Trinajstić information content (AvgIpc) is 3.42. The number of carbonyl (C=O) groups is 1. The van der Waals surface area contributed by atoms with E-state index in [0.29, 0.717) is 38.0 Å². The number of amides is 1. The minimum absolute atomic E-state index is 0. The molecule has 3 aliphatic rings. The van der Waals surface area contributed by atoms with Gasteiger partial charge < -0.3 is 24.6 Å². The number of halogens is 1. The van der Waals surface area contributed by atoms with Crippen molar-refractivity contribution >= 4 is 36.0 Å². The lowest BCUT2D eigenvalue weighted by Gasteiger charge is -2.39. The molecular formula is C21H32IN5O3. The van der Waals surface area contributed by atoms with Gasteiger partial charge >= 0.3 is 6.09 Å². The first kappa shape index (κ1) is 22.9. The molecular weight excluding hydrogens is 497 g/mol. The number of guanidine groups is 1. The third kappa shape index (κ3) is 6.12. The first-order valence-electron chi connectivity index (χ1n) is 10.5. The molecule has 3 heterocycles. The number of hydrogen-bond acceptors (Lipinski definition) is 7. The smallest absolute Gasteiger partial charge is 0.410 e. The zero-order valence-electron chi connectivity index (χ0n) is 18.0. The van der Waals surface area contributed by atoms with E-state index in [2.05, 4.69) is 20.2 Å². The van der Waals surface area contributed by atoms with Crippen molar-refractivity contribution in [3.05, 3.63) is 23.9 Å². The van der Waals surface area contributed by atoms with Gasteiger partial charge in [0.1, 0.15) is 5.60 Å². The van der Waals surface area contributed by atoms with Crippen LogP contribution in [0, 0.1) is 5.92 Å². The lowest BCUT2D eigenvalue weighted by Crippen LogP contribution is -2.57. The van der Waals surface area contributed by atoms with Crippen LogP contribution in [0.2, 0.25) is 0 Å². The molecule has 9 heteroatoms. The molecule has 166 valence electrons. The standard InChI is InChI=1S/C21H31N5O3.HI/c1-21(2,3)29-20(27)25-8-9-26-17(13-25)12-24-19(26)23-11-16-6-7-22-18(10-16)28-14-15-4-5-15;/h6-7,10,15,17H,4-5,8-9,11-14H2,1-3H3,(H,23,24);1H. The molecule has 1 unspecified atom stereocenters. The molecule has 1 N–H and O–H groups in total. The maximum absolute atomic E-state index is 12.3. The van der Waals surface area contributed by atoms with Gasteiger partial charge in [-0.25, -0.2) is 9.78 Å². The number of piperazine rings is 1. The highest BCUT2D eigenvalue weighted by Crippen LogP contribution is 2.29. The minimum atomic E-state index is -0.473. The van der Waals surface area contributed by atoms with Crippen LogP contribution in [0.3, 0.4) is 0 Å². The summed E-state index contributed by atoms with van der Waals surface area (Å²) in [5, 5.41) is 3.44. The SMILES string of the molecule is CC(C)(C)OC(=O)N1CCN2C(NCc3ccnc(OCC4CC4)c3)=NCC2C1.I. The van der Waals surface area contributed by atoms with Crippen LogP contribution in [-0.2, 0) is 11.3 Å². The van der Waals surface area contributed by atoms with Crippen molar-refractivity contribution in [2.45, 2.75) is 51.8 Å². The van der Waals surface area contributed by atoms with Crippen molar-refractivity contribution in [3.63, 3.8) is 0 Å². The topological polar surface area (TPSA) is 79.3 Å². The lowest BCUT2D eigenvalue weighted by molar-refractivity contribution is 0.0137. The number of carbonyl (C=O) groups excluding carboxylic acids is 1. The number of fused-ring (bicyclic) bond motifs is 1. The van der Waals surface area contributed by atoms with E-state index in [1.54, 1.807) is 11.1 Å². The first-order valence-corrected chi connectivity index (χ1v) is 10.5. The van der Waals surface area contributed by atoms with Crippen molar-refractivity contribution in [2.75, 3.05) is 32.8 Å². The zero-order valence-corrected chi connectivity index (χ0v) is 20.3. The molecule has 1 amide bonds. The monoisotopic (exact) mass is 529 g/mol. The zero-order chi connectivity index (χ0) is 20.4. The highest BCUT2D eigenvalue weighted by atomic mass is 127. The number of pyridine rings is 1. The van der Waals surface area contributed by atoms with Crippen LogP contribution in [0.5, 0.6) is 5.88 Å². The van der Waals surface area contributed by atoms with Crippen LogP contribution in [-0.4, -0.2) is 71.3 Å². The third-order valence-corrected chi connectivity index (χ3v) is 5.27. The number of aliphatic imine (C=N–C) groups is 1. The molecule has 30 heavy (non-hydrogen) atoms. The Morgan fingerprint density at radius 1 is 1.30 bits per heavy atom. The van der Waals surface area contributed by atoms with Gasteiger partial charge in [-0.1, -0.05) is 0 Å². The largest absolute Gasteiger partial charge is 0.477 e. The van der Waals surface area contributed by atoms with Gasteiger partial charge in [0.05, 0.1) is 19.2 Å². The second-order valence-corrected chi connectivity index (χ2v) is 9.05. The minimum Gasteiger partial charge on any atom is -0.477 e. The molecule has 8 nitrogen and oxygen atoms in total. The highest BCUT2D eigenvalue weighted by molar-refractivity contribution is 14.0. The molecule has 4 rings (SSSR count). The molecule has 1 atom stereocenters. The summed E-state index contributed by atoms with van der Waals surface area (Å²) in [5.74, 6) is 2.30. The molecule has 0 spiro atoms. The summed E-state index contributed by atoms with van der Waals surface area (Å²) in [6, 6.07) is 4.18. The Bertz CT molecular complexity index is 778. The Morgan fingerprint density at radius 3 is 2.83 bits per heavy atom. The Kier molecular flexibility index (Phi) is 7.30. The van der Waals surface area contributed by atoms with E-state index >= 15 is 0 Å². The number of hydrogen-bond donors (Lipinski definition) is 1. The predicted molar refractivity (Wildman–Crippen MR) is 125 cm³/mol. The molecule has 2 fully saturated rings. The second-order valence-electron chi connectivity index (χ2n) is 9.05. The van der Waals surface area contributed by atoms with Crippen LogP contribution in [0.15, 0.2) is 23.3 Å². The number of nitrogens with one attached hydrogen (secondary N) is 1. The van der Waals surface area contributed by atoms with E-state index in [1.807, 2.05) is 32.9 Å². The van der Waals surface area contributed by atoms with Crippen molar-refractivity contribution in [2.24, 2.45) is 10.9 Å². The van der Waals surface area contributed by atoms with Gasteiger partial charge in [-0.2, -0.15) is 0 Å². The summed E-state index contributed by atoms with van der Waals surface area (Å²) in [4.78, 5) is 25.3. The maximum atomic E-state index is 12.3. The summed E-state index contributed by atoms with van der Waals surface area (Å²) in [6.07, 6.45) is 4.08. The summed E-state index contributed by atoms with van der Waals surface area (Å²) in [7, 11) is 0. The summed E-state index contributed by atoms with van der Waals surface area (Å²) in [5.41, 5.74) is 0.642. The molecule has 0 aromatic carbocycles. The molecule has 2 aliphatic heterocycles. The molecule has 1 saturated heterocycles. The van der Waals surface area contributed by atoms with Gasteiger partial charge in [0.2, 0.25) is 5.88 Å². The summed E-state index contributed by atoms with van der Waals surface area (Å²) < 4.78 is 11.3. The Morgan fingerprint density at radius 2 is 2.10 bits per heavy atom. The molecule has 0 radical (unpaired) electrons. The van der Waals surface area contributed by atoms with E-state index in [0.717, 1.165) is 24.7 Å². The molecule has 1 aromatic rings. The van der Waals surface area contributed by atoms with Gasteiger partial charge in [-0.05, 0) is 51.2 Å². The second kappa shape index (κ2) is 9.57. The predicted octanol–water partition coefficient (Wildman–Crippen LogP) is 2.87. The van der Waals surface area contributed by atoms with Crippen molar-refractivity contribution in [1.29, 1.82) is 0 Å². The van der Waals surface area contributed by atoms with Crippen LogP contribution in [0.25, 0.3) is 0 Å². The molecule has 0 bridgehead atoms. The van der Waals surface area contributed by atoms with Crippen molar-refractivity contribution < 1.29 is 14.3 Å². The van der Waals surface area contributed by atoms with Gasteiger partial charge in [-0.15, -0.1) is 24.0 Å². The average molecular weight is 529 g/mol. The molecule has 1 aromatic heterocycles. The third-order valence-electron chi connectivity index (χ3n) is 5.27. The highest BCUT2D eigenvalue weighted by Gasteiger charge is 2.36. The number of rotatable bonds is 5. The normalized spacial score (nSPS) is 20.8. The first-order chi connectivity index (χ1) is 13.9. The summed E-state index contributed by atoms with van der Waals surface area (Å²) >= 11 is 0.